The minimum Gasteiger partial charge on any atom is -0.298 e. The van der Waals surface area contributed by atoms with Gasteiger partial charge in [0.15, 0.2) is 5.13 Å². The molecule has 3 aromatic rings. The number of hydrogen-bond donors (Lipinski definition) is 1. The van der Waals surface area contributed by atoms with Crippen molar-refractivity contribution in [2.24, 2.45) is 0 Å². The van der Waals surface area contributed by atoms with Crippen LogP contribution in [0.15, 0.2) is 65.7 Å². The number of carbonyl (C=O) groups excluding carboxylic acids is 1. The molecule has 1 N–H and O–H groups in total. The van der Waals surface area contributed by atoms with E-state index in [1.807, 2.05) is 31.2 Å². The van der Waals surface area contributed by atoms with E-state index in [9.17, 15) is 13.2 Å². The highest BCUT2D eigenvalue weighted by molar-refractivity contribution is 7.92. The molecule has 148 valence electrons. The van der Waals surface area contributed by atoms with E-state index in [0.29, 0.717) is 18.1 Å². The number of carbonyl (C=O) groups is 1. The van der Waals surface area contributed by atoms with Crippen LogP contribution in [0.5, 0.6) is 0 Å². The fourth-order valence-corrected chi connectivity index (χ4v) is 5.34. The summed E-state index contributed by atoms with van der Waals surface area (Å²) in [6.07, 6.45) is 5.44. The van der Waals surface area contributed by atoms with Gasteiger partial charge in [-0.15, -0.1) is 11.3 Å². The lowest BCUT2D eigenvalue weighted by molar-refractivity contribution is -0.111. The Hall–Kier alpha value is -2.97. The highest BCUT2D eigenvalue weighted by Gasteiger charge is 2.30. The maximum Gasteiger partial charge on any atom is 0.264 e. The second kappa shape index (κ2) is 7.81. The van der Waals surface area contributed by atoms with Crippen LogP contribution in [0.3, 0.4) is 0 Å². The molecule has 8 heteroatoms. The molecule has 0 saturated carbocycles. The zero-order chi connectivity index (χ0) is 20.4. The quantitative estimate of drug-likeness (QED) is 0.630. The molecule has 0 spiro atoms. The second-order valence-corrected chi connectivity index (χ2v) is 9.72. The van der Waals surface area contributed by atoms with Crippen molar-refractivity contribution in [3.8, 4) is 0 Å². The number of rotatable bonds is 5. The monoisotopic (exact) mass is 425 g/mol. The molecule has 1 aliphatic heterocycles. The summed E-state index contributed by atoms with van der Waals surface area (Å²) in [4.78, 5) is 17.3. The topological polar surface area (TPSA) is 79.4 Å². The highest BCUT2D eigenvalue weighted by Crippen LogP contribution is 2.32. The summed E-state index contributed by atoms with van der Waals surface area (Å²) in [6, 6.07) is 14.1. The Labute approximate surface area is 173 Å². The first-order valence-corrected chi connectivity index (χ1v) is 11.3. The maximum absolute atomic E-state index is 13.0. The molecule has 1 aliphatic rings. The molecule has 0 aliphatic carbocycles. The molecule has 1 amide bonds. The van der Waals surface area contributed by atoms with Crippen molar-refractivity contribution < 1.29 is 13.2 Å². The number of amides is 1. The smallest absolute Gasteiger partial charge is 0.264 e. The van der Waals surface area contributed by atoms with Crippen LogP contribution in [0.1, 0.15) is 16.0 Å². The predicted octanol–water partition coefficient (Wildman–Crippen LogP) is 3.85. The zero-order valence-corrected chi connectivity index (χ0v) is 17.3. The first kappa shape index (κ1) is 19.4. The Balaban J connectivity index is 1.47. The third-order valence-electron chi connectivity index (χ3n) is 4.59. The van der Waals surface area contributed by atoms with Gasteiger partial charge in [-0.2, -0.15) is 0 Å². The van der Waals surface area contributed by atoms with Crippen molar-refractivity contribution in [1.82, 2.24) is 4.98 Å². The van der Waals surface area contributed by atoms with Gasteiger partial charge in [-0.25, -0.2) is 13.4 Å². The van der Waals surface area contributed by atoms with Crippen molar-refractivity contribution in [2.75, 3.05) is 16.2 Å². The molecule has 29 heavy (non-hydrogen) atoms. The van der Waals surface area contributed by atoms with Crippen LogP contribution in [0.2, 0.25) is 0 Å². The number of fused-ring (bicyclic) bond motifs is 1. The van der Waals surface area contributed by atoms with Crippen LogP contribution < -0.4 is 9.62 Å². The number of thiazole rings is 1. The number of anilines is 2. The normalized spacial score (nSPS) is 13.6. The first-order chi connectivity index (χ1) is 13.9. The van der Waals surface area contributed by atoms with Gasteiger partial charge in [-0.3, -0.25) is 14.4 Å². The third kappa shape index (κ3) is 4.08. The number of hydrogen-bond acceptors (Lipinski definition) is 5. The molecule has 2 aromatic carbocycles. The average Bonchev–Trinajstić information content (AvgIpc) is 3.33. The zero-order valence-electron chi connectivity index (χ0n) is 15.7. The number of benzene rings is 2. The molecule has 0 atom stereocenters. The van der Waals surface area contributed by atoms with Crippen molar-refractivity contribution in [3.63, 3.8) is 0 Å². The Morgan fingerprint density at radius 1 is 1.17 bits per heavy atom. The molecule has 0 bridgehead atoms. The average molecular weight is 426 g/mol. The lowest BCUT2D eigenvalue weighted by atomic mass is 10.2. The van der Waals surface area contributed by atoms with Gasteiger partial charge in [-0.05, 0) is 48.7 Å². The lowest BCUT2D eigenvalue weighted by Gasteiger charge is -2.19. The molecule has 0 fully saturated rings. The van der Waals surface area contributed by atoms with Crippen LogP contribution >= 0.6 is 11.3 Å². The molecular weight excluding hydrogens is 406 g/mol. The van der Waals surface area contributed by atoms with Crippen LogP contribution in [-0.2, 0) is 21.2 Å². The van der Waals surface area contributed by atoms with Gasteiger partial charge in [0.25, 0.3) is 10.0 Å². The molecule has 4 rings (SSSR count). The first-order valence-electron chi connectivity index (χ1n) is 9.06. The number of aryl methyl sites for hydroxylation is 1. The Bertz CT molecular complexity index is 1180. The van der Waals surface area contributed by atoms with E-state index in [2.05, 4.69) is 10.3 Å². The number of sulfonamides is 1. The number of nitrogens with zero attached hydrogens (tertiary/aromatic N) is 2. The third-order valence-corrected chi connectivity index (χ3v) is 7.25. The standard InChI is InChI=1S/C21H19N3O3S2/c1-15-14-22-21(28-15)23-20(25)11-8-16-6-9-18(10-7-16)29(26,27)24-13-12-17-4-2-3-5-19(17)24/h2-11,14H,12-13H2,1H3,(H,22,23,25)/b11-8+. The molecule has 6 nitrogen and oxygen atoms in total. The van der Waals surface area contributed by atoms with E-state index in [1.54, 1.807) is 36.5 Å². The molecule has 0 radical (unpaired) electrons. The van der Waals surface area contributed by atoms with E-state index >= 15 is 0 Å². The summed E-state index contributed by atoms with van der Waals surface area (Å²) in [6.45, 7) is 2.36. The summed E-state index contributed by atoms with van der Waals surface area (Å²) in [7, 11) is -3.62. The summed E-state index contributed by atoms with van der Waals surface area (Å²) in [5, 5.41) is 3.24. The van der Waals surface area contributed by atoms with Crippen molar-refractivity contribution in [3.05, 3.63) is 76.8 Å². The Morgan fingerprint density at radius 3 is 2.66 bits per heavy atom. The van der Waals surface area contributed by atoms with Crippen molar-refractivity contribution in [2.45, 2.75) is 18.2 Å². The largest absolute Gasteiger partial charge is 0.298 e. The van der Waals surface area contributed by atoms with Crippen molar-refractivity contribution >= 4 is 44.2 Å². The summed E-state index contributed by atoms with van der Waals surface area (Å²) in [5.74, 6) is -0.287. The summed E-state index contributed by atoms with van der Waals surface area (Å²) in [5.41, 5.74) is 2.51. The van der Waals surface area contributed by atoms with E-state index in [1.165, 1.54) is 21.7 Å². The molecule has 0 unspecified atom stereocenters. The number of para-hydroxylation sites is 1. The van der Waals surface area contributed by atoms with Gasteiger partial charge < -0.3 is 0 Å². The van der Waals surface area contributed by atoms with E-state index in [0.717, 1.165) is 21.7 Å². The second-order valence-electron chi connectivity index (χ2n) is 6.62. The van der Waals surface area contributed by atoms with Gasteiger partial charge in [0.2, 0.25) is 5.91 Å². The van der Waals surface area contributed by atoms with Crippen LogP contribution in [0.4, 0.5) is 10.8 Å². The van der Waals surface area contributed by atoms with E-state index in [-0.39, 0.29) is 10.8 Å². The van der Waals surface area contributed by atoms with Crippen LogP contribution in [-0.4, -0.2) is 25.9 Å². The van der Waals surface area contributed by atoms with Crippen LogP contribution in [0.25, 0.3) is 6.08 Å². The maximum atomic E-state index is 13.0. The summed E-state index contributed by atoms with van der Waals surface area (Å²) < 4.78 is 27.5. The summed E-state index contributed by atoms with van der Waals surface area (Å²) >= 11 is 1.40. The number of nitrogens with one attached hydrogen (secondary N) is 1. The molecular formula is C21H19N3O3S2. The van der Waals surface area contributed by atoms with Gasteiger partial charge in [-0.1, -0.05) is 30.3 Å². The highest BCUT2D eigenvalue weighted by atomic mass is 32.2. The predicted molar refractivity (Wildman–Crippen MR) is 116 cm³/mol. The lowest BCUT2D eigenvalue weighted by Crippen LogP contribution is -2.29. The molecule has 0 saturated heterocycles. The fraction of sp³-hybridized carbons (Fsp3) is 0.143. The Morgan fingerprint density at radius 2 is 1.93 bits per heavy atom. The van der Waals surface area contributed by atoms with E-state index in [4.69, 9.17) is 0 Å². The molecule has 1 aromatic heterocycles. The van der Waals surface area contributed by atoms with Gasteiger partial charge in [0.05, 0.1) is 10.6 Å². The Kier molecular flexibility index (Phi) is 5.21. The minimum absolute atomic E-state index is 0.231. The van der Waals surface area contributed by atoms with Crippen molar-refractivity contribution in [1.29, 1.82) is 0 Å². The molecule has 2 heterocycles. The van der Waals surface area contributed by atoms with Crippen LogP contribution in [0, 0.1) is 6.92 Å². The number of aromatic nitrogens is 1. The fourth-order valence-electron chi connectivity index (χ4n) is 3.17. The van der Waals surface area contributed by atoms with Gasteiger partial charge >= 0.3 is 0 Å². The van der Waals surface area contributed by atoms with Gasteiger partial charge in [0.1, 0.15) is 0 Å². The van der Waals surface area contributed by atoms with Gasteiger partial charge in [0, 0.05) is 23.7 Å². The minimum atomic E-state index is -3.62. The van der Waals surface area contributed by atoms with E-state index < -0.39 is 10.0 Å². The SMILES string of the molecule is Cc1cnc(NC(=O)/C=C/c2ccc(S(=O)(=O)N3CCc4ccccc43)cc2)s1.